The molecule has 0 spiro atoms. The van der Waals surface area contributed by atoms with Crippen LogP contribution < -0.4 is 5.73 Å². The Bertz CT molecular complexity index is 599. The lowest BCUT2D eigenvalue weighted by atomic mass is 10.2. The maximum Gasteiger partial charge on any atom is 0.137 e. The molecule has 0 radical (unpaired) electrons. The maximum absolute atomic E-state index is 13.6. The Kier molecular flexibility index (Phi) is 3.62. The predicted molar refractivity (Wildman–Crippen MR) is 70.5 cm³/mol. The van der Waals surface area contributed by atoms with Crippen LogP contribution in [0.4, 0.5) is 4.39 Å². The van der Waals surface area contributed by atoms with Gasteiger partial charge in [-0.1, -0.05) is 23.9 Å². The molecule has 0 fully saturated rings. The van der Waals surface area contributed by atoms with Crippen LogP contribution in [0.25, 0.3) is 0 Å². The van der Waals surface area contributed by atoms with E-state index in [1.54, 1.807) is 30.3 Å². The second kappa shape index (κ2) is 5.18. The third kappa shape index (κ3) is 2.68. The van der Waals surface area contributed by atoms with Gasteiger partial charge in [0, 0.05) is 16.2 Å². The Morgan fingerprint density at radius 1 is 1.28 bits per heavy atom. The van der Waals surface area contributed by atoms with Gasteiger partial charge in [0.15, 0.2) is 0 Å². The Hall–Kier alpha value is -1.88. The van der Waals surface area contributed by atoms with Crippen molar-refractivity contribution in [2.24, 2.45) is 5.73 Å². The first kappa shape index (κ1) is 12.6. The zero-order valence-corrected chi connectivity index (χ0v) is 10.6. The standard InChI is InChI=1S/C13H12FN3S/c1-8-6-7-9(12(15)16)13(17-8)18-11-5-3-2-4-10(11)14/h2-7H,1H3,(H3,15,16). The quantitative estimate of drug-likeness (QED) is 0.659. The van der Waals surface area contributed by atoms with Crippen LogP contribution in [0.15, 0.2) is 46.3 Å². The molecule has 0 saturated carbocycles. The van der Waals surface area contributed by atoms with Crippen LogP contribution in [0.2, 0.25) is 0 Å². The number of rotatable bonds is 3. The van der Waals surface area contributed by atoms with E-state index in [0.29, 0.717) is 15.5 Å². The van der Waals surface area contributed by atoms with E-state index in [0.717, 1.165) is 5.69 Å². The molecule has 0 aliphatic carbocycles. The van der Waals surface area contributed by atoms with E-state index >= 15 is 0 Å². The van der Waals surface area contributed by atoms with Gasteiger partial charge < -0.3 is 5.73 Å². The van der Waals surface area contributed by atoms with Crippen LogP contribution in [0.3, 0.4) is 0 Å². The van der Waals surface area contributed by atoms with E-state index in [4.69, 9.17) is 11.1 Å². The topological polar surface area (TPSA) is 62.8 Å². The molecule has 3 N–H and O–H groups in total. The fraction of sp³-hybridized carbons (Fsp3) is 0.0769. The number of halogens is 1. The van der Waals surface area contributed by atoms with Crippen molar-refractivity contribution in [3.8, 4) is 0 Å². The third-order valence-corrected chi connectivity index (χ3v) is 3.39. The number of nitrogens with two attached hydrogens (primary N) is 1. The van der Waals surface area contributed by atoms with E-state index in [2.05, 4.69) is 4.98 Å². The van der Waals surface area contributed by atoms with Gasteiger partial charge in [0.25, 0.3) is 0 Å². The molecule has 2 aromatic rings. The second-order valence-electron chi connectivity index (χ2n) is 3.75. The molecule has 0 aliphatic rings. The summed E-state index contributed by atoms with van der Waals surface area (Å²) in [5, 5.41) is 8.05. The van der Waals surface area contributed by atoms with E-state index < -0.39 is 0 Å². The van der Waals surface area contributed by atoms with Crippen molar-refractivity contribution in [3.05, 3.63) is 53.5 Å². The zero-order valence-electron chi connectivity index (χ0n) is 9.77. The van der Waals surface area contributed by atoms with Gasteiger partial charge in [0.1, 0.15) is 16.7 Å². The normalized spacial score (nSPS) is 10.3. The van der Waals surface area contributed by atoms with Gasteiger partial charge >= 0.3 is 0 Å². The smallest absolute Gasteiger partial charge is 0.137 e. The van der Waals surface area contributed by atoms with Gasteiger partial charge in [-0.15, -0.1) is 0 Å². The van der Waals surface area contributed by atoms with Crippen LogP contribution >= 0.6 is 11.8 Å². The molecule has 0 aliphatic heterocycles. The highest BCUT2D eigenvalue weighted by Gasteiger charge is 2.11. The molecule has 1 aromatic heterocycles. The summed E-state index contributed by atoms with van der Waals surface area (Å²) in [5.41, 5.74) is 6.82. The molecule has 0 bridgehead atoms. The number of aryl methyl sites for hydroxylation is 1. The largest absolute Gasteiger partial charge is 0.384 e. The van der Waals surface area contributed by atoms with Gasteiger partial charge in [-0.05, 0) is 31.2 Å². The fourth-order valence-electron chi connectivity index (χ4n) is 1.45. The first-order valence-electron chi connectivity index (χ1n) is 5.32. The number of nitrogens with zero attached hydrogens (tertiary/aromatic N) is 1. The number of hydrogen-bond acceptors (Lipinski definition) is 3. The number of hydrogen-bond donors (Lipinski definition) is 2. The fourth-order valence-corrected chi connectivity index (χ4v) is 2.45. The van der Waals surface area contributed by atoms with Gasteiger partial charge in [0.05, 0.1) is 0 Å². The minimum atomic E-state index is -0.305. The summed E-state index contributed by atoms with van der Waals surface area (Å²) in [5.74, 6) is -0.373. The Morgan fingerprint density at radius 3 is 2.67 bits per heavy atom. The van der Waals surface area contributed by atoms with E-state index in [9.17, 15) is 4.39 Å². The predicted octanol–water partition coefficient (Wildman–Crippen LogP) is 2.96. The summed E-state index contributed by atoms with van der Waals surface area (Å²) >= 11 is 1.18. The molecule has 1 heterocycles. The van der Waals surface area contributed by atoms with Gasteiger partial charge in [0.2, 0.25) is 0 Å². The highest BCUT2D eigenvalue weighted by molar-refractivity contribution is 7.99. The van der Waals surface area contributed by atoms with Crippen molar-refractivity contribution < 1.29 is 4.39 Å². The SMILES string of the molecule is Cc1ccc(C(=N)N)c(Sc2ccccc2F)n1. The molecule has 2 rings (SSSR count). The van der Waals surface area contributed by atoms with Crippen molar-refractivity contribution in [2.45, 2.75) is 16.8 Å². The Morgan fingerprint density at radius 2 is 2.00 bits per heavy atom. The number of aromatic nitrogens is 1. The van der Waals surface area contributed by atoms with Gasteiger partial charge in [-0.3, -0.25) is 5.41 Å². The molecule has 5 heteroatoms. The molecule has 18 heavy (non-hydrogen) atoms. The Balaban J connectivity index is 2.42. The number of amidine groups is 1. The minimum absolute atomic E-state index is 0.0682. The summed E-state index contributed by atoms with van der Waals surface area (Å²) in [6.45, 7) is 1.84. The lowest BCUT2D eigenvalue weighted by molar-refractivity contribution is 0.602. The average molecular weight is 261 g/mol. The molecule has 1 aromatic carbocycles. The van der Waals surface area contributed by atoms with Crippen LogP contribution in [0.5, 0.6) is 0 Å². The molecule has 3 nitrogen and oxygen atoms in total. The number of nitrogen functional groups attached to an aromatic ring is 1. The summed E-state index contributed by atoms with van der Waals surface area (Å²) in [6.07, 6.45) is 0. The van der Waals surface area contributed by atoms with Crippen LogP contribution in [0, 0.1) is 18.2 Å². The van der Waals surface area contributed by atoms with Crippen molar-refractivity contribution >= 4 is 17.6 Å². The van der Waals surface area contributed by atoms with Crippen LogP contribution in [-0.4, -0.2) is 10.8 Å². The minimum Gasteiger partial charge on any atom is -0.384 e. The maximum atomic E-state index is 13.6. The summed E-state index contributed by atoms with van der Waals surface area (Å²) in [7, 11) is 0. The average Bonchev–Trinajstić information content (AvgIpc) is 2.32. The lowest BCUT2D eigenvalue weighted by Gasteiger charge is -2.08. The van der Waals surface area contributed by atoms with E-state index in [-0.39, 0.29) is 11.7 Å². The van der Waals surface area contributed by atoms with E-state index in [1.165, 1.54) is 17.8 Å². The van der Waals surface area contributed by atoms with Crippen molar-refractivity contribution in [3.63, 3.8) is 0 Å². The number of benzene rings is 1. The molecule has 0 amide bonds. The van der Waals surface area contributed by atoms with Crippen molar-refractivity contribution in [2.75, 3.05) is 0 Å². The van der Waals surface area contributed by atoms with Crippen molar-refractivity contribution in [1.82, 2.24) is 4.98 Å². The molecular weight excluding hydrogens is 249 g/mol. The summed E-state index contributed by atoms with van der Waals surface area (Å²) in [4.78, 5) is 4.78. The molecular formula is C13H12FN3S. The molecule has 0 unspecified atom stereocenters. The van der Waals surface area contributed by atoms with Crippen LogP contribution in [-0.2, 0) is 0 Å². The Labute approximate surface area is 109 Å². The number of nitrogens with one attached hydrogen (secondary N) is 1. The zero-order chi connectivity index (χ0) is 13.1. The highest BCUT2D eigenvalue weighted by Crippen LogP contribution is 2.30. The van der Waals surface area contributed by atoms with Crippen LogP contribution in [0.1, 0.15) is 11.3 Å². The highest BCUT2D eigenvalue weighted by atomic mass is 32.2. The first-order valence-corrected chi connectivity index (χ1v) is 6.14. The lowest BCUT2D eigenvalue weighted by Crippen LogP contribution is -2.13. The molecule has 0 saturated heterocycles. The van der Waals surface area contributed by atoms with Crippen molar-refractivity contribution in [1.29, 1.82) is 5.41 Å². The summed E-state index contributed by atoms with van der Waals surface area (Å²) < 4.78 is 13.6. The van der Waals surface area contributed by atoms with Gasteiger partial charge in [-0.25, -0.2) is 9.37 Å². The van der Waals surface area contributed by atoms with Gasteiger partial charge in [-0.2, -0.15) is 0 Å². The monoisotopic (exact) mass is 261 g/mol. The first-order chi connectivity index (χ1) is 8.58. The molecule has 0 atom stereocenters. The molecule has 92 valence electrons. The summed E-state index contributed by atoms with van der Waals surface area (Å²) in [6, 6.07) is 9.97. The van der Waals surface area contributed by atoms with E-state index in [1.807, 2.05) is 6.92 Å². The third-order valence-electron chi connectivity index (χ3n) is 2.33. The number of pyridine rings is 1. The second-order valence-corrected chi connectivity index (χ2v) is 4.78.